The van der Waals surface area contributed by atoms with Crippen molar-refractivity contribution in [2.45, 2.75) is 110 Å². The van der Waals surface area contributed by atoms with E-state index in [1.807, 2.05) is 51.1 Å². The quantitative estimate of drug-likeness (QED) is 0.0511. The van der Waals surface area contributed by atoms with Gasteiger partial charge in [-0.1, -0.05) is 75.7 Å². The van der Waals surface area contributed by atoms with Crippen molar-refractivity contribution < 1.29 is 47.3 Å². The van der Waals surface area contributed by atoms with Crippen molar-refractivity contribution in [1.29, 1.82) is 0 Å². The minimum absolute atomic E-state index is 0.144. The highest BCUT2D eigenvalue weighted by Gasteiger charge is 2.56. The second kappa shape index (κ2) is 19.7. The molecule has 6 atom stereocenters. The molecule has 1 fully saturated rings. The number of rotatable bonds is 19. The van der Waals surface area contributed by atoms with Crippen LogP contribution in [0, 0.1) is 5.92 Å². The maximum atomic E-state index is 14.4. The Bertz CT molecular complexity index is 1310. The number of carbonyl (C=O) groups excluding carboxylic acids is 3. The summed E-state index contributed by atoms with van der Waals surface area (Å²) >= 11 is 0. The maximum absolute atomic E-state index is 14.4. The number of unbranched alkanes of at least 4 members (excludes halogenated alkanes) is 2. The Morgan fingerprint density at radius 3 is 2.19 bits per heavy atom. The number of nitrogens with two attached hydrogens (primary N) is 1. The highest BCUT2D eigenvalue weighted by molar-refractivity contribution is 7.48. The molecule has 0 aromatic heterocycles. The molecule has 4 unspecified atom stereocenters. The van der Waals surface area contributed by atoms with E-state index in [2.05, 4.69) is 0 Å². The van der Waals surface area contributed by atoms with Crippen LogP contribution in [0.25, 0.3) is 0 Å². The number of likely N-dealkylation sites (tertiary alicyclic amines) is 1. The zero-order valence-corrected chi connectivity index (χ0v) is 29.5. The maximum Gasteiger partial charge on any atom is 0.521 e. The Balaban J connectivity index is 2.09. The summed E-state index contributed by atoms with van der Waals surface area (Å²) in [5.74, 6) is -3.03. The molecule has 11 nitrogen and oxygen atoms in total. The van der Waals surface area contributed by atoms with Crippen LogP contribution in [0.2, 0.25) is 0 Å². The zero-order chi connectivity index (χ0) is 35.1. The largest absolute Gasteiger partial charge is 0.521 e. The van der Waals surface area contributed by atoms with Gasteiger partial charge in [0.2, 0.25) is 14.7 Å². The van der Waals surface area contributed by atoms with Gasteiger partial charge in [-0.2, -0.15) is 9.28 Å². The number of hydrogen-bond donors (Lipinski definition) is 2. The van der Waals surface area contributed by atoms with Gasteiger partial charge in [-0.05, 0) is 56.8 Å². The number of carbonyl (C=O) groups is 4. The molecule has 48 heavy (non-hydrogen) atoms. The number of imide groups is 1. The lowest BCUT2D eigenvalue weighted by Crippen LogP contribution is -2.62. The second-order valence-corrected chi connectivity index (χ2v) is 14.2. The lowest BCUT2D eigenvalue weighted by atomic mass is 10.1. The third-order valence-electron chi connectivity index (χ3n) is 8.52. The van der Waals surface area contributed by atoms with Gasteiger partial charge in [0.05, 0.1) is 12.1 Å². The Morgan fingerprint density at radius 2 is 1.62 bits per heavy atom. The highest BCUT2D eigenvalue weighted by atomic mass is 31.2. The predicted molar refractivity (Wildman–Crippen MR) is 183 cm³/mol. The molecule has 0 aliphatic carbocycles. The topological polar surface area (TPSA) is 151 Å². The van der Waals surface area contributed by atoms with Crippen LogP contribution in [0.15, 0.2) is 60.7 Å². The molecular formula is C36H52N2O9P+. The summed E-state index contributed by atoms with van der Waals surface area (Å²) in [4.78, 5) is 53.5. The zero-order valence-electron chi connectivity index (χ0n) is 28.6. The first-order valence-electron chi connectivity index (χ1n) is 17.0. The van der Waals surface area contributed by atoms with E-state index in [9.17, 15) is 24.3 Å². The van der Waals surface area contributed by atoms with Gasteiger partial charge in [-0.15, -0.1) is 0 Å². The Hall–Kier alpha value is -3.21. The van der Waals surface area contributed by atoms with E-state index in [1.165, 1.54) is 0 Å². The Morgan fingerprint density at radius 1 is 0.958 bits per heavy atom. The number of nitrogens with zero attached hydrogens (tertiary/aromatic N) is 1. The van der Waals surface area contributed by atoms with Gasteiger partial charge < -0.3 is 24.8 Å². The van der Waals surface area contributed by atoms with Crippen LogP contribution >= 0.6 is 8.38 Å². The lowest BCUT2D eigenvalue weighted by Gasteiger charge is -2.36. The van der Waals surface area contributed by atoms with Gasteiger partial charge in [0, 0.05) is 31.6 Å². The number of carboxylic acid groups (broad SMARTS) is 1. The molecular weight excluding hydrogens is 635 g/mol. The number of ether oxygens (including phenoxy) is 2. The summed E-state index contributed by atoms with van der Waals surface area (Å²) in [5.41, 5.74) is 6.92. The molecule has 1 aliphatic rings. The van der Waals surface area contributed by atoms with E-state index in [0.29, 0.717) is 44.2 Å². The van der Waals surface area contributed by atoms with E-state index >= 15 is 0 Å². The summed E-state index contributed by atoms with van der Waals surface area (Å²) in [6, 6.07) is 17.4. The fourth-order valence-electron chi connectivity index (χ4n) is 5.65. The van der Waals surface area contributed by atoms with E-state index in [1.54, 1.807) is 37.3 Å². The van der Waals surface area contributed by atoms with Crippen molar-refractivity contribution in [2.24, 2.45) is 11.7 Å². The van der Waals surface area contributed by atoms with Crippen molar-refractivity contribution in [3.8, 4) is 0 Å². The van der Waals surface area contributed by atoms with Crippen LogP contribution in [-0.2, 0) is 34.5 Å². The first-order chi connectivity index (χ1) is 23.0. The minimum atomic E-state index is -2.32. The molecule has 1 heterocycles. The summed E-state index contributed by atoms with van der Waals surface area (Å²) in [6.45, 7) is 7.92. The van der Waals surface area contributed by atoms with Crippen molar-refractivity contribution in [1.82, 2.24) is 0 Å². The van der Waals surface area contributed by atoms with Crippen LogP contribution < -0.4 is 5.73 Å². The fraction of sp³-hybridized carbons (Fsp3) is 0.556. The van der Waals surface area contributed by atoms with Gasteiger partial charge in [0.15, 0.2) is 11.9 Å². The number of quaternary nitrogens is 1. The van der Waals surface area contributed by atoms with E-state index < -0.39 is 61.1 Å². The van der Waals surface area contributed by atoms with E-state index in [0.717, 1.165) is 12.0 Å². The molecule has 3 N–H and O–H groups in total. The SMILES string of the molecule is CCCCC(=O)OC(O[P@](OC(CCCCN)C(=O)[N+]1(C(=O)O)CCC[C@H]1C)C(Cc1ccccc1)OC(=O)c1ccccc1)C(C)C. The fourth-order valence-corrected chi connectivity index (χ4v) is 7.45. The van der Waals surface area contributed by atoms with Crippen molar-refractivity contribution in [2.75, 3.05) is 13.1 Å². The predicted octanol–water partition coefficient (Wildman–Crippen LogP) is 7.17. The lowest BCUT2D eigenvalue weighted by molar-refractivity contribution is -0.794. The molecule has 12 heteroatoms. The third kappa shape index (κ3) is 10.9. The van der Waals surface area contributed by atoms with Gasteiger partial charge >= 0.3 is 23.9 Å². The van der Waals surface area contributed by atoms with Crippen LogP contribution in [0.5, 0.6) is 0 Å². The first kappa shape index (κ1) is 39.2. The highest BCUT2D eigenvalue weighted by Crippen LogP contribution is 2.50. The van der Waals surface area contributed by atoms with Gasteiger partial charge in [-0.25, -0.2) is 9.59 Å². The second-order valence-electron chi connectivity index (χ2n) is 12.6. The first-order valence-corrected chi connectivity index (χ1v) is 18.3. The minimum Gasteiger partial charge on any atom is -0.449 e. The molecule has 0 bridgehead atoms. The molecule has 1 saturated heterocycles. The monoisotopic (exact) mass is 687 g/mol. The van der Waals surface area contributed by atoms with Gasteiger partial charge in [-0.3, -0.25) is 9.32 Å². The number of hydrogen-bond acceptors (Lipinski definition) is 9. The van der Waals surface area contributed by atoms with Crippen molar-refractivity contribution >= 4 is 32.3 Å². The third-order valence-corrected chi connectivity index (χ3v) is 10.2. The Labute approximate surface area is 285 Å². The van der Waals surface area contributed by atoms with Crippen LogP contribution in [-0.4, -0.2) is 70.9 Å². The molecule has 2 aromatic carbocycles. The molecule has 1 aliphatic heterocycles. The number of esters is 2. The molecule has 2 aromatic rings. The van der Waals surface area contributed by atoms with Crippen LogP contribution in [0.3, 0.4) is 0 Å². The molecule has 2 amide bonds. The molecule has 264 valence electrons. The van der Waals surface area contributed by atoms with Crippen LogP contribution in [0.4, 0.5) is 4.79 Å². The van der Waals surface area contributed by atoms with Crippen LogP contribution in [0.1, 0.15) is 95.0 Å². The smallest absolute Gasteiger partial charge is 0.449 e. The standard InChI is InChI=1S/C36H51N2O9P/c1-5-6-22-31(39)44-35(26(2)3)47-48(32(25-28-17-9-7-10-18-28)45-34(41)29-19-11-8-12-20-29)46-30(21-13-14-23-37)33(40)38(36(42)43)24-15-16-27(38)4/h7-12,17-20,26-27,30,32,35H,5-6,13-16,21-25,37H2,1-4H3/p+1/t27-,30?,32?,35?,38?,48+/m1/s1. The Kier molecular flexibility index (Phi) is 16.1. The van der Waals surface area contributed by atoms with Crippen molar-refractivity contribution in [3.05, 3.63) is 71.8 Å². The molecule has 0 radical (unpaired) electrons. The van der Waals surface area contributed by atoms with E-state index in [4.69, 9.17) is 24.3 Å². The number of amides is 2. The number of benzene rings is 2. The molecule has 0 saturated carbocycles. The van der Waals surface area contributed by atoms with Gasteiger partial charge in [0.25, 0.3) is 0 Å². The average molecular weight is 688 g/mol. The summed E-state index contributed by atoms with van der Waals surface area (Å²) < 4.78 is 24.3. The van der Waals surface area contributed by atoms with E-state index in [-0.39, 0.29) is 31.7 Å². The average Bonchev–Trinajstić information content (AvgIpc) is 3.48. The summed E-state index contributed by atoms with van der Waals surface area (Å²) in [6.07, 6.45) is 0.724. The van der Waals surface area contributed by atoms with Gasteiger partial charge in [0.1, 0.15) is 6.04 Å². The molecule has 3 rings (SSSR count). The molecule has 0 spiro atoms. The summed E-state index contributed by atoms with van der Waals surface area (Å²) in [7, 11) is -2.32. The summed E-state index contributed by atoms with van der Waals surface area (Å²) in [5, 5.41) is 10.4. The van der Waals surface area contributed by atoms with Crippen molar-refractivity contribution in [3.63, 3.8) is 0 Å². The normalized spacial score (nSPS) is 20.1.